The summed E-state index contributed by atoms with van der Waals surface area (Å²) in [6.07, 6.45) is 0.578. The van der Waals surface area contributed by atoms with E-state index < -0.39 is 0 Å². The number of imide groups is 1. The van der Waals surface area contributed by atoms with Crippen molar-refractivity contribution in [2.24, 2.45) is 5.73 Å². The Balaban J connectivity index is 2.12. The minimum absolute atomic E-state index is 0.0446. The van der Waals surface area contributed by atoms with Crippen LogP contribution in [0, 0.1) is 0 Å². The molecule has 0 radical (unpaired) electrons. The molecule has 0 aliphatic carbocycles. The van der Waals surface area contributed by atoms with E-state index in [0.717, 1.165) is 5.56 Å². The van der Waals surface area contributed by atoms with Crippen molar-refractivity contribution in [2.45, 2.75) is 12.5 Å². The first-order chi connectivity index (χ1) is 8.72. The zero-order valence-electron chi connectivity index (χ0n) is 10.0. The van der Waals surface area contributed by atoms with E-state index in [1.54, 1.807) is 0 Å². The van der Waals surface area contributed by atoms with Gasteiger partial charge in [0.15, 0.2) is 0 Å². The second-order valence-electron chi connectivity index (χ2n) is 4.23. The van der Waals surface area contributed by atoms with E-state index in [2.05, 4.69) is 0 Å². The third kappa shape index (κ3) is 2.75. The van der Waals surface area contributed by atoms with Gasteiger partial charge in [0.25, 0.3) is 11.8 Å². The van der Waals surface area contributed by atoms with Crippen molar-refractivity contribution in [2.75, 3.05) is 19.8 Å². The monoisotopic (exact) mass is 248 g/mol. The molecule has 5 heteroatoms. The molecular formula is C13H16N2O3. The average molecular weight is 248 g/mol. The first kappa shape index (κ1) is 12.7. The van der Waals surface area contributed by atoms with Gasteiger partial charge in [0.05, 0.1) is 6.04 Å². The third-order valence-corrected chi connectivity index (χ3v) is 2.94. The summed E-state index contributed by atoms with van der Waals surface area (Å²) >= 11 is 0. The smallest absolute Gasteiger partial charge is 0.255 e. The maximum atomic E-state index is 11.7. The molecule has 0 bridgehead atoms. The van der Waals surface area contributed by atoms with Crippen LogP contribution >= 0.6 is 0 Å². The number of benzene rings is 1. The summed E-state index contributed by atoms with van der Waals surface area (Å²) in [6, 6.07) is 9.39. The normalized spacial score (nSPS) is 17.9. The number of hydrogen-bond acceptors (Lipinski definition) is 4. The van der Waals surface area contributed by atoms with Crippen LogP contribution in [-0.2, 0) is 20.7 Å². The van der Waals surface area contributed by atoms with Gasteiger partial charge in [-0.15, -0.1) is 0 Å². The van der Waals surface area contributed by atoms with Gasteiger partial charge in [0.1, 0.15) is 13.2 Å². The summed E-state index contributed by atoms with van der Waals surface area (Å²) in [5.41, 5.74) is 6.74. The number of morpholine rings is 1. The predicted molar refractivity (Wildman–Crippen MR) is 65.7 cm³/mol. The molecular weight excluding hydrogens is 232 g/mol. The molecule has 1 aromatic rings. The van der Waals surface area contributed by atoms with Gasteiger partial charge in [0, 0.05) is 6.54 Å². The predicted octanol–water partition coefficient (Wildman–Crippen LogP) is -0.0582. The van der Waals surface area contributed by atoms with Crippen LogP contribution in [0.3, 0.4) is 0 Å². The molecule has 1 unspecified atom stereocenters. The van der Waals surface area contributed by atoms with Crippen molar-refractivity contribution in [1.82, 2.24) is 4.90 Å². The molecule has 0 saturated carbocycles. The number of carbonyl (C=O) groups excluding carboxylic acids is 2. The van der Waals surface area contributed by atoms with Gasteiger partial charge < -0.3 is 10.5 Å². The Hall–Kier alpha value is -1.72. The van der Waals surface area contributed by atoms with E-state index in [0.29, 0.717) is 6.42 Å². The molecule has 5 nitrogen and oxygen atoms in total. The van der Waals surface area contributed by atoms with Crippen LogP contribution in [0.15, 0.2) is 30.3 Å². The van der Waals surface area contributed by atoms with Crippen LogP contribution in [0.2, 0.25) is 0 Å². The van der Waals surface area contributed by atoms with Gasteiger partial charge in [-0.05, 0) is 12.0 Å². The minimum atomic E-state index is -0.308. The quantitative estimate of drug-likeness (QED) is 0.758. The van der Waals surface area contributed by atoms with E-state index in [-0.39, 0.29) is 37.6 Å². The molecule has 96 valence electrons. The molecule has 1 saturated heterocycles. The Labute approximate surface area is 106 Å². The van der Waals surface area contributed by atoms with Crippen LogP contribution in [0.1, 0.15) is 5.56 Å². The lowest BCUT2D eigenvalue weighted by atomic mass is 10.0. The molecule has 18 heavy (non-hydrogen) atoms. The molecule has 1 fully saturated rings. The molecule has 2 amide bonds. The number of hydrogen-bond donors (Lipinski definition) is 1. The largest absolute Gasteiger partial charge is 0.362 e. The standard InChI is InChI=1S/C13H16N2O3/c14-7-11(6-10-4-2-1-3-5-10)15-12(16)8-18-9-13(15)17/h1-5,11H,6-9,14H2. The molecule has 1 aromatic carbocycles. The number of carbonyl (C=O) groups is 2. The number of nitrogens with two attached hydrogens (primary N) is 1. The van der Waals surface area contributed by atoms with Crippen LogP contribution < -0.4 is 5.73 Å². The number of ether oxygens (including phenoxy) is 1. The molecule has 1 aliphatic rings. The highest BCUT2D eigenvalue weighted by molar-refractivity contribution is 5.98. The number of nitrogens with zero attached hydrogens (tertiary/aromatic N) is 1. The Morgan fingerprint density at radius 1 is 1.17 bits per heavy atom. The first-order valence-corrected chi connectivity index (χ1v) is 5.89. The second-order valence-corrected chi connectivity index (χ2v) is 4.23. The zero-order chi connectivity index (χ0) is 13.0. The summed E-state index contributed by atoms with van der Waals surface area (Å²) in [5.74, 6) is -0.615. The molecule has 2 rings (SSSR count). The van der Waals surface area contributed by atoms with Crippen LogP contribution in [0.25, 0.3) is 0 Å². The van der Waals surface area contributed by atoms with Crippen LogP contribution in [0.4, 0.5) is 0 Å². The number of rotatable bonds is 4. The number of amides is 2. The van der Waals surface area contributed by atoms with E-state index in [1.807, 2.05) is 30.3 Å². The van der Waals surface area contributed by atoms with E-state index in [9.17, 15) is 9.59 Å². The van der Waals surface area contributed by atoms with Crippen molar-refractivity contribution in [1.29, 1.82) is 0 Å². The van der Waals surface area contributed by atoms with E-state index in [4.69, 9.17) is 10.5 Å². The minimum Gasteiger partial charge on any atom is -0.362 e. The van der Waals surface area contributed by atoms with Gasteiger partial charge in [-0.25, -0.2) is 0 Å². The van der Waals surface area contributed by atoms with Gasteiger partial charge in [0.2, 0.25) is 0 Å². The van der Waals surface area contributed by atoms with Crippen molar-refractivity contribution in [3.05, 3.63) is 35.9 Å². The van der Waals surface area contributed by atoms with E-state index >= 15 is 0 Å². The Kier molecular flexibility index (Phi) is 4.07. The summed E-state index contributed by atoms with van der Waals surface area (Å²) in [7, 11) is 0. The fraction of sp³-hybridized carbons (Fsp3) is 0.385. The van der Waals surface area contributed by atoms with Crippen molar-refractivity contribution < 1.29 is 14.3 Å². The average Bonchev–Trinajstić information content (AvgIpc) is 2.38. The van der Waals surface area contributed by atoms with Crippen molar-refractivity contribution in [3.8, 4) is 0 Å². The fourth-order valence-corrected chi connectivity index (χ4v) is 2.08. The molecule has 1 heterocycles. The summed E-state index contributed by atoms with van der Waals surface area (Å²) in [4.78, 5) is 24.7. The Morgan fingerprint density at radius 2 is 1.78 bits per heavy atom. The zero-order valence-corrected chi connectivity index (χ0v) is 10.0. The molecule has 1 aliphatic heterocycles. The highest BCUT2D eigenvalue weighted by atomic mass is 16.5. The fourth-order valence-electron chi connectivity index (χ4n) is 2.08. The molecule has 2 N–H and O–H groups in total. The summed E-state index contributed by atoms with van der Waals surface area (Å²) in [5, 5.41) is 0. The first-order valence-electron chi connectivity index (χ1n) is 5.89. The maximum Gasteiger partial charge on any atom is 0.255 e. The SMILES string of the molecule is NCC(Cc1ccccc1)N1C(=O)COCC1=O. The summed E-state index contributed by atoms with van der Waals surface area (Å²) in [6.45, 7) is 0.167. The highest BCUT2D eigenvalue weighted by Crippen LogP contribution is 2.12. The maximum absolute atomic E-state index is 11.7. The lowest BCUT2D eigenvalue weighted by molar-refractivity contribution is -0.161. The summed E-state index contributed by atoms with van der Waals surface area (Å²) < 4.78 is 4.89. The van der Waals surface area contributed by atoms with Crippen LogP contribution in [0.5, 0.6) is 0 Å². The topological polar surface area (TPSA) is 72.6 Å². The van der Waals surface area contributed by atoms with Gasteiger partial charge in [-0.3, -0.25) is 14.5 Å². The van der Waals surface area contributed by atoms with Gasteiger partial charge in [-0.1, -0.05) is 30.3 Å². The van der Waals surface area contributed by atoms with Crippen molar-refractivity contribution in [3.63, 3.8) is 0 Å². The van der Waals surface area contributed by atoms with Gasteiger partial charge >= 0.3 is 0 Å². The van der Waals surface area contributed by atoms with Crippen LogP contribution in [-0.4, -0.2) is 42.5 Å². The third-order valence-electron chi connectivity index (χ3n) is 2.94. The molecule has 0 spiro atoms. The Morgan fingerprint density at radius 3 is 2.33 bits per heavy atom. The second kappa shape index (κ2) is 5.75. The lowest BCUT2D eigenvalue weighted by Crippen LogP contribution is -2.54. The molecule has 1 atom stereocenters. The highest BCUT2D eigenvalue weighted by Gasteiger charge is 2.32. The van der Waals surface area contributed by atoms with Crippen molar-refractivity contribution >= 4 is 11.8 Å². The molecule has 0 aromatic heterocycles. The Bertz CT molecular complexity index is 417. The van der Waals surface area contributed by atoms with E-state index in [1.165, 1.54) is 4.90 Å². The van der Waals surface area contributed by atoms with Gasteiger partial charge in [-0.2, -0.15) is 0 Å². The lowest BCUT2D eigenvalue weighted by Gasteiger charge is -2.32.